The first-order valence-electron chi connectivity index (χ1n) is 10.6. The fourth-order valence-corrected chi connectivity index (χ4v) is 2.95. The molecule has 0 aromatic heterocycles. The van der Waals surface area contributed by atoms with E-state index in [9.17, 15) is 0 Å². The van der Waals surface area contributed by atoms with E-state index in [2.05, 4.69) is 90.0 Å². The lowest BCUT2D eigenvalue weighted by Gasteiger charge is -2.18. The van der Waals surface area contributed by atoms with Crippen molar-refractivity contribution >= 4 is 18.3 Å². The molecule has 0 saturated carbocycles. The summed E-state index contributed by atoms with van der Waals surface area (Å²) in [4.78, 5) is 8.17. The lowest BCUT2D eigenvalue weighted by Crippen LogP contribution is -2.28. The van der Waals surface area contributed by atoms with Crippen LogP contribution in [0.3, 0.4) is 0 Å². The Labute approximate surface area is 188 Å². The second-order valence-electron chi connectivity index (χ2n) is 6.93. The number of aryl methyl sites for hydroxylation is 1. The van der Waals surface area contributed by atoms with E-state index in [0.717, 1.165) is 52.5 Å². The molecule has 0 aliphatic rings. The minimum atomic E-state index is 0.536. The molecule has 0 bridgehead atoms. The highest BCUT2D eigenvalue weighted by Gasteiger charge is 2.09. The van der Waals surface area contributed by atoms with Crippen molar-refractivity contribution < 1.29 is 0 Å². The van der Waals surface area contributed by atoms with Gasteiger partial charge in [-0.05, 0) is 55.3 Å². The van der Waals surface area contributed by atoms with Crippen molar-refractivity contribution in [1.29, 1.82) is 0 Å². The van der Waals surface area contributed by atoms with Gasteiger partial charge in [0.1, 0.15) is 5.84 Å². The molecule has 31 heavy (non-hydrogen) atoms. The third kappa shape index (κ3) is 8.13. The number of hydrogen-bond donors (Lipinski definition) is 3. The number of amidine groups is 1. The second kappa shape index (κ2) is 13.8. The van der Waals surface area contributed by atoms with Crippen molar-refractivity contribution in [2.45, 2.75) is 33.6 Å². The van der Waals surface area contributed by atoms with Crippen LogP contribution in [0.15, 0.2) is 88.3 Å². The van der Waals surface area contributed by atoms with Crippen LogP contribution >= 0.6 is 0 Å². The van der Waals surface area contributed by atoms with Crippen LogP contribution in [0.4, 0.5) is 0 Å². The number of rotatable bonds is 12. The predicted octanol–water partition coefficient (Wildman–Crippen LogP) is 4.99. The number of aliphatic imine (C=N–C) groups is 2. The molecule has 1 aromatic carbocycles. The maximum absolute atomic E-state index is 4.26. The van der Waals surface area contributed by atoms with E-state index in [1.54, 1.807) is 13.2 Å². The van der Waals surface area contributed by atoms with E-state index in [1.807, 2.05) is 20.0 Å². The zero-order chi connectivity index (χ0) is 23.2. The summed E-state index contributed by atoms with van der Waals surface area (Å²) in [5, 5.41) is 9.99. The molecule has 0 aliphatic heterocycles. The molecule has 0 fully saturated rings. The van der Waals surface area contributed by atoms with E-state index in [4.69, 9.17) is 0 Å². The number of benzene rings is 1. The van der Waals surface area contributed by atoms with Gasteiger partial charge in [-0.1, -0.05) is 51.3 Å². The number of likely N-dealkylation sites (N-methyl/N-ethyl adjacent to an activating group) is 1. The van der Waals surface area contributed by atoms with E-state index in [0.29, 0.717) is 6.54 Å². The van der Waals surface area contributed by atoms with Crippen LogP contribution in [0, 0.1) is 0 Å². The van der Waals surface area contributed by atoms with Crippen LogP contribution in [0.1, 0.15) is 38.3 Å². The summed E-state index contributed by atoms with van der Waals surface area (Å²) < 4.78 is 0. The van der Waals surface area contributed by atoms with Crippen molar-refractivity contribution in [2.75, 3.05) is 20.6 Å². The summed E-state index contributed by atoms with van der Waals surface area (Å²) in [7, 11) is 3.58. The standard InChI is InChI=1S/C26H37N5/c1-9-19(4)25(30-18-23(17-27-6)26(28-7)29-8)16-24(11-3)31-20(5)22-14-12-13-21(10-2)15-22/h11-17,30-31H,4-6,9-10,18H2,1-3,7-8H3,(H,28,29)/b23-17-,24-11+,25-16+. The molecule has 1 aromatic rings. The Bertz CT molecular complexity index is 900. The third-order valence-corrected chi connectivity index (χ3v) is 4.88. The van der Waals surface area contributed by atoms with Crippen LogP contribution in [0.2, 0.25) is 0 Å². The van der Waals surface area contributed by atoms with Crippen molar-refractivity contribution in [1.82, 2.24) is 16.0 Å². The summed E-state index contributed by atoms with van der Waals surface area (Å²) in [5.74, 6) is 0.759. The van der Waals surface area contributed by atoms with Gasteiger partial charge in [0.15, 0.2) is 0 Å². The molecule has 1 rings (SSSR count). The van der Waals surface area contributed by atoms with Gasteiger partial charge in [0.25, 0.3) is 0 Å². The monoisotopic (exact) mass is 419 g/mol. The Kier molecular flexibility index (Phi) is 11.4. The molecule has 0 unspecified atom stereocenters. The Hall–Kier alpha value is -3.34. The van der Waals surface area contributed by atoms with Crippen LogP contribution < -0.4 is 16.0 Å². The minimum Gasteiger partial charge on any atom is -0.380 e. The summed E-state index contributed by atoms with van der Waals surface area (Å²) in [6.45, 7) is 18.8. The number of nitrogens with one attached hydrogen (secondary N) is 3. The molecule has 0 saturated heterocycles. The molecule has 0 spiro atoms. The highest BCUT2D eigenvalue weighted by Crippen LogP contribution is 2.17. The molecule has 0 atom stereocenters. The number of nitrogens with zero attached hydrogens (tertiary/aromatic N) is 2. The SMILES string of the molecule is C=N/C=C(CN/C(=C/C(=C\C)NC(=C)c1cccc(CC)c1)C(=C)CC)\C(=N/C)NC. The van der Waals surface area contributed by atoms with Crippen molar-refractivity contribution in [3.8, 4) is 0 Å². The van der Waals surface area contributed by atoms with E-state index >= 15 is 0 Å². The molecule has 0 amide bonds. The van der Waals surface area contributed by atoms with Gasteiger partial charge in [-0.2, -0.15) is 0 Å². The lowest BCUT2D eigenvalue weighted by atomic mass is 10.1. The Morgan fingerprint density at radius 2 is 1.94 bits per heavy atom. The van der Waals surface area contributed by atoms with Gasteiger partial charge in [-0.3, -0.25) is 9.98 Å². The molecule has 0 aliphatic carbocycles. The average Bonchev–Trinajstić information content (AvgIpc) is 2.80. The van der Waals surface area contributed by atoms with Gasteiger partial charge in [-0.15, -0.1) is 0 Å². The highest BCUT2D eigenvalue weighted by atomic mass is 15.0. The minimum absolute atomic E-state index is 0.536. The van der Waals surface area contributed by atoms with Crippen molar-refractivity contribution in [2.24, 2.45) is 9.98 Å². The van der Waals surface area contributed by atoms with Crippen LogP contribution in [0.25, 0.3) is 5.70 Å². The van der Waals surface area contributed by atoms with E-state index in [-0.39, 0.29) is 0 Å². The maximum Gasteiger partial charge on any atom is 0.126 e. The van der Waals surface area contributed by atoms with Gasteiger partial charge >= 0.3 is 0 Å². The zero-order valence-electron chi connectivity index (χ0n) is 19.7. The molecule has 0 heterocycles. The first-order valence-corrected chi connectivity index (χ1v) is 10.6. The number of allylic oxidation sites excluding steroid dienone is 3. The molecule has 166 valence electrons. The second-order valence-corrected chi connectivity index (χ2v) is 6.93. The first kappa shape index (κ1) is 25.7. The molecule has 0 radical (unpaired) electrons. The summed E-state index contributed by atoms with van der Waals surface area (Å²) >= 11 is 0. The van der Waals surface area contributed by atoms with E-state index < -0.39 is 0 Å². The summed E-state index contributed by atoms with van der Waals surface area (Å²) in [6.07, 6.45) is 7.60. The summed E-state index contributed by atoms with van der Waals surface area (Å²) in [6, 6.07) is 8.43. The Balaban J connectivity index is 3.08. The van der Waals surface area contributed by atoms with Crippen molar-refractivity contribution in [3.05, 3.63) is 89.4 Å². The van der Waals surface area contributed by atoms with Gasteiger partial charge in [-0.25, -0.2) is 0 Å². The highest BCUT2D eigenvalue weighted by molar-refractivity contribution is 5.98. The van der Waals surface area contributed by atoms with E-state index in [1.165, 1.54) is 5.56 Å². The largest absolute Gasteiger partial charge is 0.380 e. The average molecular weight is 420 g/mol. The normalized spacial score (nSPS) is 12.9. The molecule has 3 N–H and O–H groups in total. The van der Waals surface area contributed by atoms with Crippen LogP contribution in [-0.4, -0.2) is 33.2 Å². The fourth-order valence-electron chi connectivity index (χ4n) is 2.95. The Morgan fingerprint density at radius 1 is 1.19 bits per heavy atom. The first-order chi connectivity index (χ1) is 14.9. The molecule has 5 heteroatoms. The van der Waals surface area contributed by atoms with Gasteiger partial charge < -0.3 is 16.0 Å². The van der Waals surface area contributed by atoms with Crippen LogP contribution in [-0.2, 0) is 6.42 Å². The van der Waals surface area contributed by atoms with Gasteiger partial charge in [0.2, 0.25) is 0 Å². The topological polar surface area (TPSA) is 60.8 Å². The molecular weight excluding hydrogens is 382 g/mol. The predicted molar refractivity (Wildman–Crippen MR) is 137 cm³/mol. The van der Waals surface area contributed by atoms with Crippen LogP contribution in [0.5, 0.6) is 0 Å². The molecular formula is C26H37N5. The summed E-state index contributed by atoms with van der Waals surface area (Å²) in [5.41, 5.74) is 7.02. The maximum atomic E-state index is 4.26. The zero-order valence-corrected chi connectivity index (χ0v) is 19.7. The van der Waals surface area contributed by atoms with Gasteiger partial charge in [0.05, 0.1) is 0 Å². The quantitative estimate of drug-likeness (QED) is 0.254. The fraction of sp³-hybridized carbons (Fsp3) is 0.308. The smallest absolute Gasteiger partial charge is 0.126 e. The van der Waals surface area contributed by atoms with Crippen molar-refractivity contribution in [3.63, 3.8) is 0 Å². The Morgan fingerprint density at radius 3 is 2.48 bits per heavy atom. The number of hydrogen-bond acceptors (Lipinski definition) is 4. The molecule has 5 nitrogen and oxygen atoms in total. The van der Waals surface area contributed by atoms with Gasteiger partial charge in [0, 0.05) is 49.5 Å². The lowest BCUT2D eigenvalue weighted by molar-refractivity contribution is 0.866. The third-order valence-electron chi connectivity index (χ3n) is 4.88.